The van der Waals surface area contributed by atoms with Crippen molar-refractivity contribution in [2.24, 2.45) is 5.41 Å². The second kappa shape index (κ2) is 7.56. The van der Waals surface area contributed by atoms with E-state index in [0.29, 0.717) is 5.57 Å². The highest BCUT2D eigenvalue weighted by Gasteiger charge is 2.40. The third kappa shape index (κ3) is 5.13. The molecule has 0 atom stereocenters. The Labute approximate surface area is 154 Å². The first-order chi connectivity index (χ1) is 11.7. The predicted octanol–water partition coefficient (Wildman–Crippen LogP) is 3.39. The normalized spacial score (nSPS) is 16.3. The van der Waals surface area contributed by atoms with Gasteiger partial charge in [-0.1, -0.05) is 13.8 Å². The number of carboxylic acid groups (broad SMARTS) is 1. The van der Waals surface area contributed by atoms with Crippen molar-refractivity contribution in [1.29, 1.82) is 0 Å². The van der Waals surface area contributed by atoms with Gasteiger partial charge in [-0.2, -0.15) is 0 Å². The van der Waals surface area contributed by atoms with E-state index in [4.69, 9.17) is 9.84 Å². The van der Waals surface area contributed by atoms with Crippen LogP contribution in [0.1, 0.15) is 67.7 Å². The van der Waals surface area contributed by atoms with E-state index in [2.05, 4.69) is 0 Å². The van der Waals surface area contributed by atoms with Crippen LogP contribution in [0.3, 0.4) is 0 Å². The van der Waals surface area contributed by atoms with Gasteiger partial charge in [-0.3, -0.25) is 19.2 Å². The van der Waals surface area contributed by atoms with Gasteiger partial charge < -0.3 is 9.84 Å². The Kier molecular flexibility index (Phi) is 6.34. The Hall–Kier alpha value is -2.24. The van der Waals surface area contributed by atoms with E-state index in [1.54, 1.807) is 48.5 Å². The number of carboxylic acids is 1. The fourth-order valence-electron chi connectivity index (χ4n) is 3.20. The Bertz CT molecular complexity index is 713. The Morgan fingerprint density at radius 3 is 1.96 bits per heavy atom. The summed E-state index contributed by atoms with van der Waals surface area (Å²) in [7, 11) is 0. The number of aliphatic carboxylic acids is 1. The minimum absolute atomic E-state index is 0.00889. The second-order valence-electron chi connectivity index (χ2n) is 8.30. The van der Waals surface area contributed by atoms with Crippen LogP contribution in [0.2, 0.25) is 0 Å². The molecule has 0 radical (unpaired) electrons. The number of rotatable bonds is 6. The molecule has 1 N–H and O–H groups in total. The first-order valence-electron chi connectivity index (χ1n) is 8.61. The van der Waals surface area contributed by atoms with Crippen molar-refractivity contribution in [3.63, 3.8) is 0 Å². The van der Waals surface area contributed by atoms with E-state index >= 15 is 0 Å². The zero-order chi connectivity index (χ0) is 20.4. The fraction of sp³-hybridized carbons (Fsp3) is 0.600. The molecule has 0 aliphatic heterocycles. The molecule has 1 rings (SSSR count). The predicted molar refractivity (Wildman–Crippen MR) is 96.5 cm³/mol. The molecule has 0 aromatic rings. The molecule has 0 saturated carbocycles. The maximum Gasteiger partial charge on any atom is 0.307 e. The van der Waals surface area contributed by atoms with E-state index in [-0.39, 0.29) is 47.5 Å². The van der Waals surface area contributed by atoms with Crippen molar-refractivity contribution >= 4 is 23.5 Å². The molecule has 6 nitrogen and oxygen atoms in total. The summed E-state index contributed by atoms with van der Waals surface area (Å²) >= 11 is 0. The number of allylic oxidation sites excluding steroid dienone is 4. The van der Waals surface area contributed by atoms with Gasteiger partial charge in [0, 0.05) is 34.1 Å². The highest BCUT2D eigenvalue weighted by atomic mass is 16.6. The molecule has 1 aliphatic carbocycles. The molecule has 0 aromatic heterocycles. The summed E-state index contributed by atoms with van der Waals surface area (Å²) in [5.41, 5.74) is -0.485. The number of Topliss-reactive ketones (excluding diaryl/α,β-unsaturated/α-hetero) is 2. The Morgan fingerprint density at radius 1 is 0.962 bits per heavy atom. The number of carbonyl (C=O) groups is 4. The van der Waals surface area contributed by atoms with Crippen LogP contribution in [0.5, 0.6) is 0 Å². The van der Waals surface area contributed by atoms with Crippen LogP contribution >= 0.6 is 0 Å². The maximum atomic E-state index is 13.0. The lowest BCUT2D eigenvalue weighted by atomic mass is 9.70. The van der Waals surface area contributed by atoms with E-state index in [1.807, 2.05) is 0 Å². The summed E-state index contributed by atoms with van der Waals surface area (Å²) in [6.07, 6.45) is -0.295. The van der Waals surface area contributed by atoms with Crippen LogP contribution in [0.4, 0.5) is 0 Å². The Morgan fingerprint density at radius 2 is 1.50 bits per heavy atom. The Balaban J connectivity index is 3.20. The lowest BCUT2D eigenvalue weighted by Crippen LogP contribution is -2.34. The molecule has 0 heterocycles. The van der Waals surface area contributed by atoms with E-state index < -0.39 is 23.0 Å². The van der Waals surface area contributed by atoms with Crippen LogP contribution in [-0.2, 0) is 23.9 Å². The van der Waals surface area contributed by atoms with Gasteiger partial charge in [0.05, 0.1) is 6.42 Å². The van der Waals surface area contributed by atoms with Gasteiger partial charge in [0.2, 0.25) is 0 Å². The molecule has 6 heteroatoms. The van der Waals surface area contributed by atoms with Gasteiger partial charge in [-0.05, 0) is 41.0 Å². The largest absolute Gasteiger partial charge is 0.481 e. The molecule has 0 unspecified atom stereocenters. The molecule has 26 heavy (non-hydrogen) atoms. The van der Waals surface area contributed by atoms with Gasteiger partial charge >= 0.3 is 11.9 Å². The van der Waals surface area contributed by atoms with Crippen molar-refractivity contribution in [2.45, 2.75) is 73.3 Å². The van der Waals surface area contributed by atoms with Crippen LogP contribution in [0.15, 0.2) is 22.3 Å². The standard InChI is InChI=1S/C20H28O6/c1-11-13(8-9-14(21)22)18(25)16(12(2)17(11)24)20(6,7)10-15(23)26-19(3,4)5/h8-10H2,1-7H3,(H,21,22). The molecule has 0 spiro atoms. The van der Waals surface area contributed by atoms with E-state index in [0.717, 1.165) is 0 Å². The quantitative estimate of drug-likeness (QED) is 0.573. The average Bonchev–Trinajstić information content (AvgIpc) is 2.41. The lowest BCUT2D eigenvalue weighted by Gasteiger charge is -2.32. The summed E-state index contributed by atoms with van der Waals surface area (Å²) in [4.78, 5) is 48.7. The summed E-state index contributed by atoms with van der Waals surface area (Å²) in [6.45, 7) is 11.8. The summed E-state index contributed by atoms with van der Waals surface area (Å²) in [5, 5.41) is 8.90. The first kappa shape index (κ1) is 21.8. The molecule has 0 saturated heterocycles. The lowest BCUT2D eigenvalue weighted by molar-refractivity contribution is -0.156. The first-order valence-corrected chi connectivity index (χ1v) is 8.61. The summed E-state index contributed by atoms with van der Waals surface area (Å²) in [5.74, 6) is -2.13. The smallest absolute Gasteiger partial charge is 0.307 e. The molecule has 0 bridgehead atoms. The van der Waals surface area contributed by atoms with Gasteiger partial charge in [-0.15, -0.1) is 0 Å². The second-order valence-corrected chi connectivity index (χ2v) is 8.30. The van der Waals surface area contributed by atoms with Crippen LogP contribution in [0.25, 0.3) is 0 Å². The number of hydrogen-bond acceptors (Lipinski definition) is 5. The van der Waals surface area contributed by atoms with Gasteiger partial charge in [0.15, 0.2) is 11.6 Å². The van der Waals surface area contributed by atoms with Crippen molar-refractivity contribution in [2.75, 3.05) is 0 Å². The molecule has 0 fully saturated rings. The minimum Gasteiger partial charge on any atom is -0.481 e. The molecular weight excluding hydrogens is 336 g/mol. The molecule has 0 amide bonds. The van der Waals surface area contributed by atoms with Gasteiger partial charge in [0.1, 0.15) is 5.60 Å². The van der Waals surface area contributed by atoms with E-state index in [9.17, 15) is 19.2 Å². The number of carbonyl (C=O) groups excluding carboxylic acids is 3. The third-order valence-electron chi connectivity index (χ3n) is 4.28. The van der Waals surface area contributed by atoms with Crippen molar-refractivity contribution in [1.82, 2.24) is 0 Å². The van der Waals surface area contributed by atoms with Crippen LogP contribution < -0.4 is 0 Å². The molecular formula is C20H28O6. The molecule has 1 aliphatic rings. The molecule has 0 aromatic carbocycles. The number of esters is 1. The van der Waals surface area contributed by atoms with E-state index in [1.165, 1.54) is 0 Å². The highest BCUT2D eigenvalue weighted by Crippen LogP contribution is 2.40. The highest BCUT2D eigenvalue weighted by molar-refractivity contribution is 6.25. The van der Waals surface area contributed by atoms with Crippen LogP contribution in [0, 0.1) is 5.41 Å². The van der Waals surface area contributed by atoms with Crippen molar-refractivity contribution in [3.05, 3.63) is 22.3 Å². The van der Waals surface area contributed by atoms with Crippen molar-refractivity contribution in [3.8, 4) is 0 Å². The maximum absolute atomic E-state index is 13.0. The average molecular weight is 364 g/mol. The summed E-state index contributed by atoms with van der Waals surface area (Å²) in [6, 6.07) is 0. The fourth-order valence-corrected chi connectivity index (χ4v) is 3.20. The minimum atomic E-state index is -1.04. The number of ether oxygens (including phenoxy) is 1. The van der Waals surface area contributed by atoms with Gasteiger partial charge in [0.25, 0.3) is 0 Å². The molecule has 144 valence electrons. The van der Waals surface area contributed by atoms with Crippen LogP contribution in [-0.4, -0.2) is 34.2 Å². The zero-order valence-corrected chi connectivity index (χ0v) is 16.6. The number of ketones is 2. The summed E-state index contributed by atoms with van der Waals surface area (Å²) < 4.78 is 5.34. The SMILES string of the molecule is CC1=C(CCC(=O)O)C(=O)C(C(C)(C)CC(=O)OC(C)(C)C)=C(C)C1=O. The topological polar surface area (TPSA) is 97.7 Å². The van der Waals surface area contributed by atoms with Gasteiger partial charge in [-0.25, -0.2) is 0 Å². The third-order valence-corrected chi connectivity index (χ3v) is 4.28. The number of hydrogen-bond donors (Lipinski definition) is 1. The van der Waals surface area contributed by atoms with Crippen molar-refractivity contribution < 1.29 is 29.0 Å². The zero-order valence-electron chi connectivity index (χ0n) is 16.6. The monoisotopic (exact) mass is 364 g/mol.